The van der Waals surface area contributed by atoms with Gasteiger partial charge in [0.2, 0.25) is 0 Å². The predicted molar refractivity (Wildman–Crippen MR) is 57.3 cm³/mol. The molecule has 0 aromatic heterocycles. The van der Waals surface area contributed by atoms with Crippen molar-refractivity contribution in [2.75, 3.05) is 33.0 Å². The molecule has 84 valence electrons. The molecule has 0 aliphatic carbocycles. The Morgan fingerprint density at radius 3 is 2.64 bits per heavy atom. The van der Waals surface area contributed by atoms with Gasteiger partial charge in [0.25, 0.3) is 0 Å². The summed E-state index contributed by atoms with van der Waals surface area (Å²) in [6.45, 7) is 6.28. The fourth-order valence-corrected chi connectivity index (χ4v) is 2.05. The number of ether oxygens (including phenoxy) is 2. The summed E-state index contributed by atoms with van der Waals surface area (Å²) in [5, 5.41) is 0. The first kappa shape index (κ1) is 12.0. The van der Waals surface area contributed by atoms with E-state index < -0.39 is 0 Å². The summed E-state index contributed by atoms with van der Waals surface area (Å²) in [6.07, 6.45) is 4.56. The summed E-state index contributed by atoms with van der Waals surface area (Å²) < 4.78 is 10.7. The van der Waals surface area contributed by atoms with Gasteiger partial charge in [-0.2, -0.15) is 0 Å². The zero-order valence-electron chi connectivity index (χ0n) is 9.26. The maximum Gasteiger partial charge on any atom is 0.0471 e. The SMILES string of the molecule is CCOCCCC1(CN)CCOCC1. The van der Waals surface area contributed by atoms with Gasteiger partial charge < -0.3 is 15.2 Å². The maximum atomic E-state index is 5.86. The molecule has 0 amide bonds. The van der Waals surface area contributed by atoms with Gasteiger partial charge in [-0.1, -0.05) is 0 Å². The molecule has 14 heavy (non-hydrogen) atoms. The Labute approximate surface area is 86.9 Å². The van der Waals surface area contributed by atoms with Crippen LogP contribution in [-0.4, -0.2) is 33.0 Å². The quantitative estimate of drug-likeness (QED) is 0.663. The van der Waals surface area contributed by atoms with E-state index in [1.54, 1.807) is 0 Å². The number of hydrogen-bond acceptors (Lipinski definition) is 3. The first-order valence-corrected chi connectivity index (χ1v) is 5.68. The number of nitrogens with two attached hydrogens (primary N) is 1. The van der Waals surface area contributed by atoms with Crippen LogP contribution in [0, 0.1) is 5.41 Å². The molecule has 1 heterocycles. The molecule has 2 N–H and O–H groups in total. The molecule has 0 aromatic rings. The molecule has 0 aromatic carbocycles. The lowest BCUT2D eigenvalue weighted by Gasteiger charge is -2.36. The van der Waals surface area contributed by atoms with Crippen LogP contribution in [0.5, 0.6) is 0 Å². The van der Waals surface area contributed by atoms with E-state index in [2.05, 4.69) is 0 Å². The number of hydrogen-bond donors (Lipinski definition) is 1. The van der Waals surface area contributed by atoms with Gasteiger partial charge in [-0.05, 0) is 44.6 Å². The van der Waals surface area contributed by atoms with Crippen molar-refractivity contribution in [1.82, 2.24) is 0 Å². The molecule has 1 rings (SSSR count). The molecule has 3 nitrogen and oxygen atoms in total. The highest BCUT2D eigenvalue weighted by atomic mass is 16.5. The molecular formula is C11H23NO2. The Kier molecular flexibility index (Phi) is 5.45. The molecule has 1 aliphatic rings. The van der Waals surface area contributed by atoms with E-state index >= 15 is 0 Å². The standard InChI is InChI=1S/C11H23NO2/c1-2-13-7-3-4-11(10-12)5-8-14-9-6-11/h2-10,12H2,1H3. The van der Waals surface area contributed by atoms with Gasteiger partial charge in [0, 0.05) is 26.4 Å². The summed E-state index contributed by atoms with van der Waals surface area (Å²) in [5.41, 5.74) is 6.20. The van der Waals surface area contributed by atoms with Crippen LogP contribution in [0.2, 0.25) is 0 Å². The van der Waals surface area contributed by atoms with Crippen molar-refractivity contribution < 1.29 is 9.47 Å². The first-order chi connectivity index (χ1) is 6.83. The second-order valence-electron chi connectivity index (χ2n) is 4.12. The normalized spacial score (nSPS) is 21.0. The highest BCUT2D eigenvalue weighted by molar-refractivity contribution is 4.82. The van der Waals surface area contributed by atoms with Crippen LogP contribution in [0.4, 0.5) is 0 Å². The summed E-state index contributed by atoms with van der Waals surface area (Å²) >= 11 is 0. The predicted octanol–water partition coefficient (Wildman–Crippen LogP) is 1.56. The van der Waals surface area contributed by atoms with Gasteiger partial charge in [-0.15, -0.1) is 0 Å². The van der Waals surface area contributed by atoms with Crippen molar-refractivity contribution in [3.8, 4) is 0 Å². The van der Waals surface area contributed by atoms with E-state index in [9.17, 15) is 0 Å². The van der Waals surface area contributed by atoms with Crippen molar-refractivity contribution >= 4 is 0 Å². The zero-order valence-corrected chi connectivity index (χ0v) is 9.26. The van der Waals surface area contributed by atoms with Gasteiger partial charge in [0.05, 0.1) is 0 Å². The Morgan fingerprint density at radius 1 is 1.36 bits per heavy atom. The average Bonchev–Trinajstić information content (AvgIpc) is 2.26. The molecule has 0 bridgehead atoms. The van der Waals surface area contributed by atoms with Crippen molar-refractivity contribution in [1.29, 1.82) is 0 Å². The lowest BCUT2D eigenvalue weighted by molar-refractivity contribution is 0.00935. The smallest absolute Gasteiger partial charge is 0.0471 e. The first-order valence-electron chi connectivity index (χ1n) is 5.68. The minimum absolute atomic E-state index is 0.343. The van der Waals surface area contributed by atoms with E-state index in [1.807, 2.05) is 6.92 Å². The van der Waals surface area contributed by atoms with Crippen molar-refractivity contribution in [2.45, 2.75) is 32.6 Å². The maximum absolute atomic E-state index is 5.86. The van der Waals surface area contributed by atoms with Crippen molar-refractivity contribution in [2.24, 2.45) is 11.1 Å². The molecule has 0 atom stereocenters. The van der Waals surface area contributed by atoms with Crippen LogP contribution >= 0.6 is 0 Å². The van der Waals surface area contributed by atoms with Crippen LogP contribution in [0.3, 0.4) is 0 Å². The number of rotatable bonds is 6. The van der Waals surface area contributed by atoms with Crippen LogP contribution in [-0.2, 0) is 9.47 Å². The third-order valence-electron chi connectivity index (χ3n) is 3.19. The average molecular weight is 201 g/mol. The third kappa shape index (κ3) is 3.56. The van der Waals surface area contributed by atoms with Crippen molar-refractivity contribution in [3.63, 3.8) is 0 Å². The van der Waals surface area contributed by atoms with E-state index in [1.165, 1.54) is 6.42 Å². The van der Waals surface area contributed by atoms with Gasteiger partial charge in [0.1, 0.15) is 0 Å². The van der Waals surface area contributed by atoms with Crippen LogP contribution in [0.25, 0.3) is 0 Å². The van der Waals surface area contributed by atoms with E-state index in [0.29, 0.717) is 5.41 Å². The Morgan fingerprint density at radius 2 is 2.07 bits per heavy atom. The van der Waals surface area contributed by atoms with Gasteiger partial charge >= 0.3 is 0 Å². The summed E-state index contributed by atoms with van der Waals surface area (Å²) in [6, 6.07) is 0. The Balaban J connectivity index is 2.22. The summed E-state index contributed by atoms with van der Waals surface area (Å²) in [5.74, 6) is 0. The molecule has 0 spiro atoms. The molecule has 1 saturated heterocycles. The fraction of sp³-hybridized carbons (Fsp3) is 1.00. The van der Waals surface area contributed by atoms with E-state index in [4.69, 9.17) is 15.2 Å². The molecule has 0 saturated carbocycles. The molecule has 1 aliphatic heterocycles. The fourth-order valence-electron chi connectivity index (χ4n) is 2.05. The largest absolute Gasteiger partial charge is 0.382 e. The molecule has 3 heteroatoms. The third-order valence-corrected chi connectivity index (χ3v) is 3.19. The monoisotopic (exact) mass is 201 g/mol. The lowest BCUT2D eigenvalue weighted by Crippen LogP contribution is -2.36. The topological polar surface area (TPSA) is 44.5 Å². The highest BCUT2D eigenvalue weighted by Crippen LogP contribution is 2.33. The molecule has 0 radical (unpaired) electrons. The summed E-state index contributed by atoms with van der Waals surface area (Å²) in [4.78, 5) is 0. The molecular weight excluding hydrogens is 178 g/mol. The minimum Gasteiger partial charge on any atom is -0.382 e. The second-order valence-corrected chi connectivity index (χ2v) is 4.12. The summed E-state index contributed by atoms with van der Waals surface area (Å²) in [7, 11) is 0. The Bertz CT molecular complexity index is 144. The lowest BCUT2D eigenvalue weighted by atomic mass is 9.76. The van der Waals surface area contributed by atoms with Crippen LogP contribution in [0.15, 0.2) is 0 Å². The highest BCUT2D eigenvalue weighted by Gasteiger charge is 2.30. The van der Waals surface area contributed by atoms with E-state index in [-0.39, 0.29) is 0 Å². The van der Waals surface area contributed by atoms with Gasteiger partial charge in [0.15, 0.2) is 0 Å². The molecule has 1 fully saturated rings. The van der Waals surface area contributed by atoms with Gasteiger partial charge in [-0.3, -0.25) is 0 Å². The van der Waals surface area contributed by atoms with E-state index in [0.717, 1.165) is 52.2 Å². The van der Waals surface area contributed by atoms with Gasteiger partial charge in [-0.25, -0.2) is 0 Å². The zero-order chi connectivity index (χ0) is 10.3. The minimum atomic E-state index is 0.343. The Hall–Kier alpha value is -0.120. The molecule has 0 unspecified atom stereocenters. The van der Waals surface area contributed by atoms with Crippen molar-refractivity contribution in [3.05, 3.63) is 0 Å². The second kappa shape index (κ2) is 6.38. The van der Waals surface area contributed by atoms with Crippen LogP contribution < -0.4 is 5.73 Å². The van der Waals surface area contributed by atoms with Crippen LogP contribution in [0.1, 0.15) is 32.6 Å².